The van der Waals surface area contributed by atoms with Crippen molar-refractivity contribution in [3.05, 3.63) is 47.3 Å². The Bertz CT molecular complexity index is 858. The number of thioether (sulfide) groups is 1. The van der Waals surface area contributed by atoms with Crippen molar-refractivity contribution < 1.29 is 14.1 Å². The van der Waals surface area contributed by atoms with Crippen molar-refractivity contribution in [3.63, 3.8) is 0 Å². The maximum atomic E-state index is 13.1. The molecular formula is C22H30N4O3S. The summed E-state index contributed by atoms with van der Waals surface area (Å²) in [4.78, 5) is 32.3. The molecule has 1 aliphatic heterocycles. The second kappa shape index (κ2) is 10.6. The molecule has 1 aliphatic rings. The lowest BCUT2D eigenvalue weighted by Gasteiger charge is -2.35. The summed E-state index contributed by atoms with van der Waals surface area (Å²) in [6.45, 7) is 10.5. The largest absolute Gasteiger partial charge is 0.360 e. The van der Waals surface area contributed by atoms with E-state index in [1.165, 1.54) is 0 Å². The fraction of sp³-hybridized carbons (Fsp3) is 0.500. The van der Waals surface area contributed by atoms with E-state index in [9.17, 15) is 9.59 Å². The van der Waals surface area contributed by atoms with Gasteiger partial charge in [-0.2, -0.15) is 0 Å². The lowest BCUT2D eigenvalue weighted by atomic mass is 10.2. The fourth-order valence-corrected chi connectivity index (χ4v) is 4.47. The molecule has 2 amide bonds. The molecule has 1 aromatic carbocycles. The van der Waals surface area contributed by atoms with Gasteiger partial charge in [-0.3, -0.25) is 14.5 Å². The van der Waals surface area contributed by atoms with Crippen molar-refractivity contribution in [3.8, 4) is 0 Å². The Morgan fingerprint density at radius 3 is 2.47 bits per heavy atom. The molecule has 8 heteroatoms. The molecule has 2 aromatic rings. The van der Waals surface area contributed by atoms with E-state index in [0.29, 0.717) is 44.0 Å². The van der Waals surface area contributed by atoms with Gasteiger partial charge in [0.05, 0.1) is 23.6 Å². The SMILES string of the molecule is CCN(CC)C(=O)CN1CCN(C(=O)c2ccccc2SCc2cc(C)no2)CC1. The van der Waals surface area contributed by atoms with Gasteiger partial charge < -0.3 is 14.3 Å². The third-order valence-corrected chi connectivity index (χ3v) is 6.39. The summed E-state index contributed by atoms with van der Waals surface area (Å²) in [6, 6.07) is 9.61. The van der Waals surface area contributed by atoms with E-state index in [-0.39, 0.29) is 11.8 Å². The Kier molecular flexibility index (Phi) is 7.93. The van der Waals surface area contributed by atoms with Crippen LogP contribution in [0, 0.1) is 6.92 Å². The molecule has 0 bridgehead atoms. The number of carbonyl (C=O) groups is 2. The molecule has 0 N–H and O–H groups in total. The molecule has 1 saturated heterocycles. The molecule has 0 atom stereocenters. The van der Waals surface area contributed by atoms with Gasteiger partial charge in [0.15, 0.2) is 0 Å². The zero-order valence-electron chi connectivity index (χ0n) is 18.0. The van der Waals surface area contributed by atoms with Gasteiger partial charge in [-0.05, 0) is 32.9 Å². The van der Waals surface area contributed by atoms with E-state index in [2.05, 4.69) is 10.1 Å². The molecule has 162 valence electrons. The van der Waals surface area contributed by atoms with Gasteiger partial charge in [-0.25, -0.2) is 0 Å². The summed E-state index contributed by atoms with van der Waals surface area (Å²) < 4.78 is 5.28. The number of nitrogens with zero attached hydrogens (tertiary/aromatic N) is 4. The number of carbonyl (C=O) groups excluding carboxylic acids is 2. The van der Waals surface area contributed by atoms with Crippen molar-refractivity contribution in [2.75, 3.05) is 45.8 Å². The highest BCUT2D eigenvalue weighted by Crippen LogP contribution is 2.27. The highest BCUT2D eigenvalue weighted by atomic mass is 32.2. The fourth-order valence-electron chi connectivity index (χ4n) is 3.55. The monoisotopic (exact) mass is 430 g/mol. The average molecular weight is 431 g/mol. The smallest absolute Gasteiger partial charge is 0.255 e. The van der Waals surface area contributed by atoms with Gasteiger partial charge in [-0.1, -0.05) is 17.3 Å². The third kappa shape index (κ3) is 5.64. The first-order valence-corrected chi connectivity index (χ1v) is 11.4. The standard InChI is InChI=1S/C22H30N4O3S/c1-4-25(5-2)21(27)15-24-10-12-26(13-11-24)22(28)19-8-6-7-9-20(19)30-16-18-14-17(3)23-29-18/h6-9,14H,4-5,10-13,15-16H2,1-3H3. The van der Waals surface area contributed by atoms with Crippen LogP contribution < -0.4 is 0 Å². The van der Waals surface area contributed by atoms with Crippen molar-refractivity contribution in [2.45, 2.75) is 31.4 Å². The predicted molar refractivity (Wildman–Crippen MR) is 118 cm³/mol. The molecule has 0 radical (unpaired) electrons. The number of amides is 2. The number of aryl methyl sites for hydroxylation is 1. The maximum absolute atomic E-state index is 13.1. The molecule has 0 saturated carbocycles. The van der Waals surface area contributed by atoms with Crippen LogP contribution >= 0.6 is 11.8 Å². The van der Waals surface area contributed by atoms with Crippen LogP contribution in [-0.4, -0.2) is 77.5 Å². The van der Waals surface area contributed by atoms with Crippen molar-refractivity contribution >= 4 is 23.6 Å². The second-order valence-corrected chi connectivity index (χ2v) is 8.37. The summed E-state index contributed by atoms with van der Waals surface area (Å²) in [6.07, 6.45) is 0. The van der Waals surface area contributed by atoms with Gasteiger partial charge in [0.25, 0.3) is 5.91 Å². The molecule has 1 fully saturated rings. The summed E-state index contributed by atoms with van der Waals surface area (Å²) in [5.74, 6) is 1.63. The Morgan fingerprint density at radius 1 is 1.13 bits per heavy atom. The van der Waals surface area contributed by atoms with E-state index in [1.54, 1.807) is 11.8 Å². The van der Waals surface area contributed by atoms with Crippen molar-refractivity contribution in [1.82, 2.24) is 19.9 Å². The van der Waals surface area contributed by atoms with Crippen molar-refractivity contribution in [1.29, 1.82) is 0 Å². The summed E-state index contributed by atoms with van der Waals surface area (Å²) >= 11 is 1.58. The Hall–Kier alpha value is -2.32. The molecule has 3 rings (SSSR count). The molecule has 1 aromatic heterocycles. The van der Waals surface area contributed by atoms with Crippen LogP contribution in [0.4, 0.5) is 0 Å². The Labute approximate surface area is 182 Å². The number of benzene rings is 1. The number of hydrogen-bond acceptors (Lipinski definition) is 6. The number of aromatic nitrogens is 1. The quantitative estimate of drug-likeness (QED) is 0.600. The average Bonchev–Trinajstić information content (AvgIpc) is 3.18. The van der Waals surface area contributed by atoms with Gasteiger partial charge >= 0.3 is 0 Å². The van der Waals surface area contributed by atoms with E-state index in [0.717, 1.165) is 29.4 Å². The Morgan fingerprint density at radius 2 is 1.83 bits per heavy atom. The van der Waals surface area contributed by atoms with Crippen LogP contribution in [0.2, 0.25) is 0 Å². The summed E-state index contributed by atoms with van der Waals surface area (Å²) in [7, 11) is 0. The van der Waals surface area contributed by atoms with Gasteiger partial charge in [-0.15, -0.1) is 11.8 Å². The summed E-state index contributed by atoms with van der Waals surface area (Å²) in [5, 5.41) is 3.91. The summed E-state index contributed by atoms with van der Waals surface area (Å²) in [5.41, 5.74) is 1.57. The molecule has 30 heavy (non-hydrogen) atoms. The third-order valence-electron chi connectivity index (χ3n) is 5.30. The number of rotatable bonds is 8. The molecule has 0 aliphatic carbocycles. The van der Waals surface area contributed by atoms with E-state index in [1.807, 2.05) is 60.9 Å². The molecule has 7 nitrogen and oxygen atoms in total. The van der Waals surface area contributed by atoms with Crippen LogP contribution in [0.1, 0.15) is 35.7 Å². The van der Waals surface area contributed by atoms with Crippen LogP contribution in [0.3, 0.4) is 0 Å². The van der Waals surface area contributed by atoms with Gasteiger partial charge in [0, 0.05) is 50.2 Å². The first-order chi connectivity index (χ1) is 14.5. The minimum atomic E-state index is 0.0431. The van der Waals surface area contributed by atoms with E-state index < -0.39 is 0 Å². The zero-order chi connectivity index (χ0) is 21.5. The van der Waals surface area contributed by atoms with E-state index >= 15 is 0 Å². The molecule has 0 spiro atoms. The minimum absolute atomic E-state index is 0.0431. The van der Waals surface area contributed by atoms with Gasteiger partial charge in [0.1, 0.15) is 5.76 Å². The molecule has 2 heterocycles. The predicted octanol–water partition coefficient (Wildman–Crippen LogP) is 2.90. The molecule has 0 unspecified atom stereocenters. The maximum Gasteiger partial charge on any atom is 0.255 e. The highest BCUT2D eigenvalue weighted by Gasteiger charge is 2.25. The highest BCUT2D eigenvalue weighted by molar-refractivity contribution is 7.98. The van der Waals surface area contributed by atoms with E-state index in [4.69, 9.17) is 4.52 Å². The lowest BCUT2D eigenvalue weighted by Crippen LogP contribution is -2.51. The number of piperazine rings is 1. The lowest BCUT2D eigenvalue weighted by molar-refractivity contribution is -0.132. The number of hydrogen-bond donors (Lipinski definition) is 0. The first-order valence-electron chi connectivity index (χ1n) is 10.4. The van der Waals surface area contributed by atoms with Crippen molar-refractivity contribution in [2.24, 2.45) is 0 Å². The second-order valence-electron chi connectivity index (χ2n) is 7.35. The van der Waals surface area contributed by atoms with Gasteiger partial charge in [0.2, 0.25) is 5.91 Å². The minimum Gasteiger partial charge on any atom is -0.360 e. The topological polar surface area (TPSA) is 69.9 Å². The molecular weight excluding hydrogens is 400 g/mol. The van der Waals surface area contributed by atoms with Crippen LogP contribution in [0.15, 0.2) is 39.8 Å². The zero-order valence-corrected chi connectivity index (χ0v) is 18.8. The van der Waals surface area contributed by atoms with Crippen LogP contribution in [0.5, 0.6) is 0 Å². The van der Waals surface area contributed by atoms with Crippen LogP contribution in [-0.2, 0) is 10.5 Å². The first kappa shape index (κ1) is 22.4. The van der Waals surface area contributed by atoms with Crippen LogP contribution in [0.25, 0.3) is 0 Å². The Balaban J connectivity index is 1.57. The normalized spacial score (nSPS) is 14.7. The number of likely N-dealkylation sites (N-methyl/N-ethyl adjacent to an activating group) is 1.